The molecule has 0 radical (unpaired) electrons. The lowest BCUT2D eigenvalue weighted by Gasteiger charge is -2.27. The summed E-state index contributed by atoms with van der Waals surface area (Å²) in [6.07, 6.45) is 4.03. The molecule has 0 aromatic carbocycles. The Kier molecular flexibility index (Phi) is 7.04. The van der Waals surface area contributed by atoms with E-state index in [0.29, 0.717) is 19.4 Å². The van der Waals surface area contributed by atoms with E-state index in [4.69, 9.17) is 5.11 Å². The molecule has 2 amide bonds. The molecule has 1 fully saturated rings. The van der Waals surface area contributed by atoms with E-state index in [0.717, 1.165) is 19.3 Å². The van der Waals surface area contributed by atoms with E-state index in [-0.39, 0.29) is 24.8 Å². The van der Waals surface area contributed by atoms with Crippen molar-refractivity contribution < 1.29 is 19.5 Å². The Morgan fingerprint density at radius 1 is 1.05 bits per heavy atom. The molecule has 1 aliphatic carbocycles. The molecular formula is C14H24N2O4. The van der Waals surface area contributed by atoms with Crippen molar-refractivity contribution in [2.24, 2.45) is 11.8 Å². The predicted molar refractivity (Wildman–Crippen MR) is 74.0 cm³/mol. The quantitative estimate of drug-likeness (QED) is 0.647. The first-order valence-electron chi connectivity index (χ1n) is 7.33. The van der Waals surface area contributed by atoms with E-state index in [9.17, 15) is 14.4 Å². The van der Waals surface area contributed by atoms with Gasteiger partial charge in [0.15, 0.2) is 0 Å². The number of rotatable bonds is 7. The minimum absolute atomic E-state index is 0.0921. The summed E-state index contributed by atoms with van der Waals surface area (Å²) in [5.41, 5.74) is 0. The number of carbonyl (C=O) groups is 3. The molecule has 2 atom stereocenters. The first kappa shape index (κ1) is 16.5. The van der Waals surface area contributed by atoms with Gasteiger partial charge in [-0.25, -0.2) is 0 Å². The number of aliphatic carboxylic acids is 1. The average Bonchev–Trinajstić information content (AvgIpc) is 2.44. The number of carboxylic acids is 1. The molecule has 114 valence electrons. The van der Waals surface area contributed by atoms with E-state index >= 15 is 0 Å². The average molecular weight is 284 g/mol. The van der Waals surface area contributed by atoms with Gasteiger partial charge in [-0.3, -0.25) is 14.4 Å². The van der Waals surface area contributed by atoms with Gasteiger partial charge in [0.2, 0.25) is 11.8 Å². The van der Waals surface area contributed by atoms with Gasteiger partial charge in [-0.05, 0) is 19.3 Å². The Balaban J connectivity index is 2.33. The largest absolute Gasteiger partial charge is 0.481 e. The fraction of sp³-hybridized carbons (Fsp3) is 0.786. The van der Waals surface area contributed by atoms with Gasteiger partial charge >= 0.3 is 5.97 Å². The molecule has 3 N–H and O–H groups in total. The molecule has 6 heteroatoms. The van der Waals surface area contributed by atoms with Crippen molar-refractivity contribution in [2.75, 3.05) is 13.1 Å². The van der Waals surface area contributed by atoms with Gasteiger partial charge in [0.05, 0.1) is 11.8 Å². The first-order valence-corrected chi connectivity index (χ1v) is 7.33. The third kappa shape index (κ3) is 5.19. The molecule has 0 bridgehead atoms. The molecule has 0 unspecified atom stereocenters. The number of nitrogens with one attached hydrogen (secondary N) is 2. The van der Waals surface area contributed by atoms with E-state index in [1.807, 2.05) is 6.92 Å². The van der Waals surface area contributed by atoms with Crippen molar-refractivity contribution in [3.8, 4) is 0 Å². The number of hydrogen-bond acceptors (Lipinski definition) is 3. The standard InChI is InChI=1S/C14H24N2O4/c1-2-8-15-12(17)7-9-16-13(18)10-5-3-4-6-11(10)14(19)20/h10-11H,2-9H2,1H3,(H,15,17)(H,16,18)(H,19,20)/t10-,11+/m1/s1. The van der Waals surface area contributed by atoms with Crippen molar-refractivity contribution in [1.82, 2.24) is 10.6 Å². The van der Waals surface area contributed by atoms with Crippen molar-refractivity contribution >= 4 is 17.8 Å². The van der Waals surface area contributed by atoms with E-state index in [1.165, 1.54) is 0 Å². The van der Waals surface area contributed by atoms with Gasteiger partial charge in [0.25, 0.3) is 0 Å². The van der Waals surface area contributed by atoms with Crippen molar-refractivity contribution in [3.05, 3.63) is 0 Å². The van der Waals surface area contributed by atoms with Crippen LogP contribution >= 0.6 is 0 Å². The minimum atomic E-state index is -0.898. The van der Waals surface area contributed by atoms with Gasteiger partial charge < -0.3 is 15.7 Å². The predicted octanol–water partition coefficient (Wildman–Crippen LogP) is 0.910. The maximum absolute atomic E-state index is 12.0. The molecule has 0 aromatic rings. The second kappa shape index (κ2) is 8.55. The highest BCUT2D eigenvalue weighted by atomic mass is 16.4. The Labute approximate surface area is 119 Å². The van der Waals surface area contributed by atoms with E-state index in [1.54, 1.807) is 0 Å². The molecule has 1 rings (SSSR count). The summed E-state index contributed by atoms with van der Waals surface area (Å²) >= 11 is 0. The van der Waals surface area contributed by atoms with Crippen molar-refractivity contribution in [2.45, 2.75) is 45.4 Å². The van der Waals surface area contributed by atoms with Crippen LogP contribution in [0.25, 0.3) is 0 Å². The molecule has 20 heavy (non-hydrogen) atoms. The number of carboxylic acid groups (broad SMARTS) is 1. The molecular weight excluding hydrogens is 260 g/mol. The van der Waals surface area contributed by atoms with Crippen LogP contribution in [0.5, 0.6) is 0 Å². The van der Waals surface area contributed by atoms with Crippen LogP contribution in [-0.2, 0) is 14.4 Å². The molecule has 0 spiro atoms. The van der Waals surface area contributed by atoms with E-state index < -0.39 is 17.8 Å². The third-order valence-corrected chi connectivity index (χ3v) is 3.64. The highest BCUT2D eigenvalue weighted by Gasteiger charge is 2.35. The maximum Gasteiger partial charge on any atom is 0.307 e. The fourth-order valence-electron chi connectivity index (χ4n) is 2.52. The maximum atomic E-state index is 12.0. The Hall–Kier alpha value is -1.59. The van der Waals surface area contributed by atoms with Crippen LogP contribution in [0.1, 0.15) is 45.4 Å². The molecule has 0 aliphatic heterocycles. The van der Waals surface area contributed by atoms with Crippen LogP contribution in [0.4, 0.5) is 0 Å². The lowest BCUT2D eigenvalue weighted by Crippen LogP contribution is -2.41. The summed E-state index contributed by atoms with van der Waals surface area (Å²) in [5, 5.41) is 14.5. The monoisotopic (exact) mass is 284 g/mol. The van der Waals surface area contributed by atoms with Crippen LogP contribution in [0.3, 0.4) is 0 Å². The normalized spacial score (nSPS) is 22.1. The lowest BCUT2D eigenvalue weighted by molar-refractivity contribution is -0.149. The molecule has 0 heterocycles. The summed E-state index contributed by atoms with van der Waals surface area (Å²) < 4.78 is 0. The van der Waals surface area contributed by atoms with Crippen LogP contribution in [0.15, 0.2) is 0 Å². The summed E-state index contributed by atoms with van der Waals surface area (Å²) in [7, 11) is 0. The summed E-state index contributed by atoms with van der Waals surface area (Å²) in [6.45, 7) is 2.87. The van der Waals surface area contributed by atoms with Crippen LogP contribution in [0, 0.1) is 11.8 Å². The van der Waals surface area contributed by atoms with Crippen LogP contribution in [-0.4, -0.2) is 36.0 Å². The molecule has 0 aromatic heterocycles. The third-order valence-electron chi connectivity index (χ3n) is 3.64. The van der Waals surface area contributed by atoms with Gasteiger partial charge in [-0.1, -0.05) is 19.8 Å². The second-order valence-corrected chi connectivity index (χ2v) is 5.23. The van der Waals surface area contributed by atoms with Crippen molar-refractivity contribution in [1.29, 1.82) is 0 Å². The summed E-state index contributed by atoms with van der Waals surface area (Å²) in [6, 6.07) is 0. The van der Waals surface area contributed by atoms with Gasteiger partial charge in [-0.2, -0.15) is 0 Å². The molecule has 0 saturated heterocycles. The zero-order valence-corrected chi connectivity index (χ0v) is 12.0. The smallest absolute Gasteiger partial charge is 0.307 e. The lowest BCUT2D eigenvalue weighted by atomic mass is 9.78. The Morgan fingerprint density at radius 2 is 1.70 bits per heavy atom. The topological polar surface area (TPSA) is 95.5 Å². The first-order chi connectivity index (χ1) is 9.56. The Bertz CT molecular complexity index is 357. The molecule has 1 saturated carbocycles. The zero-order chi connectivity index (χ0) is 15.0. The van der Waals surface area contributed by atoms with Gasteiger partial charge in [-0.15, -0.1) is 0 Å². The zero-order valence-electron chi connectivity index (χ0n) is 12.0. The fourth-order valence-corrected chi connectivity index (χ4v) is 2.52. The summed E-state index contributed by atoms with van der Waals surface area (Å²) in [5.74, 6) is -2.27. The molecule has 6 nitrogen and oxygen atoms in total. The minimum Gasteiger partial charge on any atom is -0.481 e. The number of carbonyl (C=O) groups excluding carboxylic acids is 2. The van der Waals surface area contributed by atoms with Gasteiger partial charge in [0, 0.05) is 19.5 Å². The molecule has 1 aliphatic rings. The number of amides is 2. The number of hydrogen-bond donors (Lipinski definition) is 3. The highest BCUT2D eigenvalue weighted by Crippen LogP contribution is 2.30. The Morgan fingerprint density at radius 3 is 2.30 bits per heavy atom. The van der Waals surface area contributed by atoms with Crippen molar-refractivity contribution in [3.63, 3.8) is 0 Å². The van der Waals surface area contributed by atoms with Crippen LogP contribution < -0.4 is 10.6 Å². The second-order valence-electron chi connectivity index (χ2n) is 5.23. The SMILES string of the molecule is CCCNC(=O)CCNC(=O)[C@@H]1CCCC[C@@H]1C(=O)O. The van der Waals surface area contributed by atoms with E-state index in [2.05, 4.69) is 10.6 Å². The highest BCUT2D eigenvalue weighted by molar-refractivity contribution is 5.85. The van der Waals surface area contributed by atoms with Crippen LogP contribution in [0.2, 0.25) is 0 Å². The summed E-state index contributed by atoms with van der Waals surface area (Å²) in [4.78, 5) is 34.5. The van der Waals surface area contributed by atoms with Gasteiger partial charge in [0.1, 0.15) is 0 Å².